The summed E-state index contributed by atoms with van der Waals surface area (Å²) in [6.45, 7) is 7.14. The molecule has 0 amide bonds. The first-order valence-electron chi connectivity index (χ1n) is 14.9. The Morgan fingerprint density at radius 2 is 1.57 bits per heavy atom. The molecule has 0 spiro atoms. The number of hydrogen-bond donors (Lipinski definition) is 2. The number of para-hydroxylation sites is 1. The van der Waals surface area contributed by atoms with Gasteiger partial charge < -0.3 is 9.84 Å². The van der Waals surface area contributed by atoms with E-state index in [-0.39, 0.29) is 11.3 Å². The molecule has 2 N–H and O–H groups in total. The maximum absolute atomic E-state index is 11.3. The molecule has 1 unspecified atom stereocenters. The van der Waals surface area contributed by atoms with Crippen LogP contribution < -0.4 is 4.74 Å². The molecule has 0 fully saturated rings. The van der Waals surface area contributed by atoms with Crippen LogP contribution in [0, 0.1) is 5.92 Å². The molecular formula is C37H38N4O3. The van der Waals surface area contributed by atoms with Gasteiger partial charge in [0, 0.05) is 11.1 Å². The Labute approximate surface area is 258 Å². The first kappa shape index (κ1) is 30.4. The number of aromatic amines is 1. The number of carbonyl (C=O) groups is 1. The molecule has 0 saturated carbocycles. The van der Waals surface area contributed by atoms with Gasteiger partial charge >= 0.3 is 5.97 Å². The second-order valence-electron chi connectivity index (χ2n) is 12.1. The summed E-state index contributed by atoms with van der Waals surface area (Å²) in [4.78, 5) is 11.3. The highest BCUT2D eigenvalue weighted by Crippen LogP contribution is 2.26. The number of hydrogen-bond acceptors (Lipinski definition) is 5. The van der Waals surface area contributed by atoms with E-state index in [9.17, 15) is 9.90 Å². The number of aryl methyl sites for hydroxylation is 1. The van der Waals surface area contributed by atoms with E-state index in [4.69, 9.17) is 4.74 Å². The van der Waals surface area contributed by atoms with E-state index in [0.717, 1.165) is 47.3 Å². The number of ether oxygens (including phenoxy) is 1. The van der Waals surface area contributed by atoms with Gasteiger partial charge in [0.15, 0.2) is 0 Å². The number of H-pyrrole nitrogens is 1. The summed E-state index contributed by atoms with van der Waals surface area (Å²) in [6, 6.07) is 32.1. The summed E-state index contributed by atoms with van der Waals surface area (Å²) < 4.78 is 6.28. The van der Waals surface area contributed by atoms with Crippen LogP contribution in [0.4, 0.5) is 0 Å². The topological polar surface area (TPSA) is 101 Å². The number of nitrogens with zero attached hydrogens (tertiary/aromatic N) is 3. The Morgan fingerprint density at radius 1 is 0.886 bits per heavy atom. The minimum Gasteiger partial charge on any atom is -0.488 e. The highest BCUT2D eigenvalue weighted by atomic mass is 16.5. The zero-order chi connectivity index (χ0) is 30.9. The molecule has 0 saturated heterocycles. The van der Waals surface area contributed by atoms with Gasteiger partial charge in [0.2, 0.25) is 5.82 Å². The van der Waals surface area contributed by atoms with Gasteiger partial charge in [0.1, 0.15) is 12.4 Å². The molecule has 224 valence electrons. The van der Waals surface area contributed by atoms with Crippen molar-refractivity contribution in [2.45, 2.75) is 52.1 Å². The molecule has 1 aromatic heterocycles. The Balaban J connectivity index is 1.29. The van der Waals surface area contributed by atoms with Crippen molar-refractivity contribution >= 4 is 12.0 Å². The molecule has 0 radical (unpaired) electrons. The third kappa shape index (κ3) is 8.28. The van der Waals surface area contributed by atoms with E-state index in [1.165, 1.54) is 11.1 Å². The zero-order valence-corrected chi connectivity index (χ0v) is 25.4. The van der Waals surface area contributed by atoms with Crippen molar-refractivity contribution in [3.63, 3.8) is 0 Å². The number of tetrazole rings is 1. The van der Waals surface area contributed by atoms with Crippen molar-refractivity contribution in [1.82, 2.24) is 20.6 Å². The molecule has 5 aromatic rings. The van der Waals surface area contributed by atoms with E-state index in [0.29, 0.717) is 18.0 Å². The smallest absolute Gasteiger partial charge is 0.335 e. The molecule has 0 aliphatic carbocycles. The highest BCUT2D eigenvalue weighted by Gasteiger charge is 2.14. The molecule has 4 aromatic carbocycles. The van der Waals surface area contributed by atoms with Crippen LogP contribution in [-0.4, -0.2) is 31.7 Å². The molecule has 1 atom stereocenters. The fourth-order valence-electron chi connectivity index (χ4n) is 5.06. The molecule has 44 heavy (non-hydrogen) atoms. The van der Waals surface area contributed by atoms with Gasteiger partial charge in [-0.05, 0) is 76.3 Å². The van der Waals surface area contributed by atoms with Gasteiger partial charge in [-0.2, -0.15) is 5.21 Å². The van der Waals surface area contributed by atoms with E-state index in [1.807, 2.05) is 42.5 Å². The van der Waals surface area contributed by atoms with Crippen molar-refractivity contribution in [3.8, 4) is 17.1 Å². The second-order valence-corrected chi connectivity index (χ2v) is 12.1. The van der Waals surface area contributed by atoms with Crippen LogP contribution in [0.1, 0.15) is 65.4 Å². The maximum atomic E-state index is 11.3. The van der Waals surface area contributed by atoms with E-state index < -0.39 is 5.97 Å². The number of benzene rings is 4. The van der Waals surface area contributed by atoms with Gasteiger partial charge in [0.25, 0.3) is 0 Å². The lowest BCUT2D eigenvalue weighted by atomic mass is 9.87. The van der Waals surface area contributed by atoms with Crippen molar-refractivity contribution < 1.29 is 14.6 Å². The highest BCUT2D eigenvalue weighted by molar-refractivity contribution is 5.87. The first-order chi connectivity index (χ1) is 21.2. The van der Waals surface area contributed by atoms with Gasteiger partial charge in [-0.15, -0.1) is 10.2 Å². The average molecular weight is 587 g/mol. The standard InChI is InChI=1S/C37H38N4O3/c1-37(2,3)33-22-15-29(16-23-33)25-44-34-7-5-4-6-30(34)17-12-27(24-28-13-20-32(21-14-28)36(42)43)9-8-26-10-18-31(19-11-26)35-38-40-41-39-35/h4-7,10-23,27H,8-9,24-25H2,1-3H3,(H,42,43)(H,38,39,40,41). The van der Waals surface area contributed by atoms with Crippen LogP contribution in [0.3, 0.4) is 0 Å². The van der Waals surface area contributed by atoms with Gasteiger partial charge in [-0.1, -0.05) is 112 Å². The summed E-state index contributed by atoms with van der Waals surface area (Å²) in [5, 5.41) is 23.5. The van der Waals surface area contributed by atoms with Crippen LogP contribution in [0.2, 0.25) is 0 Å². The molecule has 1 heterocycles. The van der Waals surface area contributed by atoms with Gasteiger partial charge in [0.05, 0.1) is 5.56 Å². The fourth-order valence-corrected chi connectivity index (χ4v) is 5.06. The van der Waals surface area contributed by atoms with E-state index in [1.54, 1.807) is 12.1 Å². The average Bonchev–Trinajstić information content (AvgIpc) is 3.57. The Bertz CT molecular complexity index is 1670. The van der Waals surface area contributed by atoms with Crippen LogP contribution in [-0.2, 0) is 24.9 Å². The first-order valence-corrected chi connectivity index (χ1v) is 14.9. The summed E-state index contributed by atoms with van der Waals surface area (Å²) in [6.07, 6.45) is 6.99. The number of aromatic nitrogens is 4. The van der Waals surface area contributed by atoms with Crippen molar-refractivity contribution in [2.75, 3.05) is 0 Å². The minimum atomic E-state index is -0.918. The quantitative estimate of drug-likeness (QED) is 0.154. The number of carboxylic acids is 1. The van der Waals surface area contributed by atoms with Gasteiger partial charge in [-0.3, -0.25) is 0 Å². The molecule has 7 nitrogen and oxygen atoms in total. The molecule has 7 heteroatoms. The monoisotopic (exact) mass is 586 g/mol. The van der Waals surface area contributed by atoms with Crippen LogP contribution in [0.5, 0.6) is 5.75 Å². The number of rotatable bonds is 12. The molecular weight excluding hydrogens is 548 g/mol. The van der Waals surface area contributed by atoms with Crippen LogP contribution in [0.15, 0.2) is 103 Å². The Morgan fingerprint density at radius 3 is 2.23 bits per heavy atom. The lowest BCUT2D eigenvalue weighted by Crippen LogP contribution is -2.10. The predicted octanol–water partition coefficient (Wildman–Crippen LogP) is 7.95. The van der Waals surface area contributed by atoms with Crippen LogP contribution in [0.25, 0.3) is 17.5 Å². The molecule has 0 aliphatic heterocycles. The number of aromatic carboxylic acids is 1. The van der Waals surface area contributed by atoms with Gasteiger partial charge in [-0.25, -0.2) is 4.79 Å². The zero-order valence-electron chi connectivity index (χ0n) is 25.4. The second kappa shape index (κ2) is 14.0. The van der Waals surface area contributed by atoms with Crippen molar-refractivity contribution in [3.05, 3.63) is 137 Å². The lowest BCUT2D eigenvalue weighted by molar-refractivity contribution is 0.0697. The van der Waals surface area contributed by atoms with Crippen molar-refractivity contribution in [2.24, 2.45) is 5.92 Å². The Kier molecular flexibility index (Phi) is 9.65. The summed E-state index contributed by atoms with van der Waals surface area (Å²) in [7, 11) is 0. The molecule has 0 aliphatic rings. The third-order valence-corrected chi connectivity index (χ3v) is 7.74. The lowest BCUT2D eigenvalue weighted by Gasteiger charge is -2.19. The largest absolute Gasteiger partial charge is 0.488 e. The third-order valence-electron chi connectivity index (χ3n) is 7.74. The summed E-state index contributed by atoms with van der Waals surface area (Å²) in [5.41, 5.74) is 7.10. The van der Waals surface area contributed by atoms with E-state index in [2.05, 4.69) is 96.0 Å². The summed E-state index contributed by atoms with van der Waals surface area (Å²) in [5.74, 6) is 0.717. The molecule has 0 bridgehead atoms. The maximum Gasteiger partial charge on any atom is 0.335 e. The normalized spacial score (nSPS) is 12.3. The van der Waals surface area contributed by atoms with Crippen LogP contribution >= 0.6 is 0 Å². The number of allylic oxidation sites excluding steroid dienone is 1. The Hall–Kier alpha value is -5.04. The fraction of sp³-hybridized carbons (Fsp3) is 0.243. The summed E-state index contributed by atoms with van der Waals surface area (Å²) >= 11 is 0. The van der Waals surface area contributed by atoms with E-state index >= 15 is 0 Å². The van der Waals surface area contributed by atoms with Crippen molar-refractivity contribution in [1.29, 1.82) is 0 Å². The minimum absolute atomic E-state index is 0.115. The number of nitrogens with one attached hydrogen (secondary N) is 1. The SMILES string of the molecule is CC(C)(C)c1ccc(COc2ccccc2C=CC(CCc2ccc(-c3nn[nH]n3)cc2)Cc2ccc(C(=O)O)cc2)cc1. The number of carboxylic acid groups (broad SMARTS) is 1. The molecule has 5 rings (SSSR count). The predicted molar refractivity (Wildman–Crippen MR) is 173 cm³/mol.